The smallest absolute Gasteiger partial charge is 0.408 e. The van der Waals surface area contributed by atoms with Crippen molar-refractivity contribution in [3.8, 4) is 0 Å². The summed E-state index contributed by atoms with van der Waals surface area (Å²) in [5.41, 5.74) is 1.43. The van der Waals surface area contributed by atoms with Gasteiger partial charge in [-0.15, -0.1) is 0 Å². The van der Waals surface area contributed by atoms with Gasteiger partial charge in [-0.3, -0.25) is 4.79 Å². The lowest BCUT2D eigenvalue weighted by molar-refractivity contribution is -0.161. The first kappa shape index (κ1) is 39.4. The number of nitrogens with zero attached hydrogens (tertiary/aromatic N) is 1. The Morgan fingerprint density at radius 1 is 0.913 bits per heavy atom. The van der Waals surface area contributed by atoms with Gasteiger partial charge in [0.2, 0.25) is 13.4 Å². The summed E-state index contributed by atoms with van der Waals surface area (Å²) in [6.07, 6.45) is 0.106. The Hall–Kier alpha value is -2.73. The van der Waals surface area contributed by atoms with Gasteiger partial charge in [-0.25, -0.2) is 14.6 Å². The summed E-state index contributed by atoms with van der Waals surface area (Å²) < 4.78 is 18.5. The Morgan fingerprint density at radius 3 is 2.04 bits per heavy atom. The van der Waals surface area contributed by atoms with Gasteiger partial charge in [0.15, 0.2) is 6.04 Å². The zero-order valence-electron chi connectivity index (χ0n) is 28.9. The molecule has 0 saturated carbocycles. The van der Waals surface area contributed by atoms with Crippen LogP contribution >= 0.6 is 11.8 Å². The molecule has 0 aliphatic carbocycles. The van der Waals surface area contributed by atoms with Crippen LogP contribution in [0, 0.1) is 5.92 Å². The number of hydrogen-bond acceptors (Lipinski definition) is 9. The molecular weight excluding hydrogens is 621 g/mol. The Balaban J connectivity index is 2.41. The fraction of sp³-hybridized carbons (Fsp3) is 0.600. The predicted molar refractivity (Wildman–Crippen MR) is 185 cm³/mol. The number of nitrogens with one attached hydrogen (secondary N) is 1. The quantitative estimate of drug-likeness (QED) is 0.0931. The van der Waals surface area contributed by atoms with Crippen molar-refractivity contribution in [1.29, 1.82) is 0 Å². The minimum absolute atomic E-state index is 0.00203. The Morgan fingerprint density at radius 2 is 1.52 bits per heavy atom. The number of rotatable bonds is 18. The highest BCUT2D eigenvalue weighted by Gasteiger charge is 2.50. The van der Waals surface area contributed by atoms with Crippen LogP contribution in [0.25, 0.3) is 0 Å². The molecule has 2 rings (SSSR count). The molecular formula is C35H54N2O7SSi. The zero-order chi connectivity index (χ0) is 34.4. The van der Waals surface area contributed by atoms with E-state index in [2.05, 4.69) is 58.8 Å². The Bertz CT molecular complexity index is 1190. The van der Waals surface area contributed by atoms with E-state index in [9.17, 15) is 19.5 Å². The van der Waals surface area contributed by atoms with Gasteiger partial charge in [0.1, 0.15) is 17.7 Å². The first-order valence-electron chi connectivity index (χ1n) is 16.4. The number of aromatic nitrogens is 1. The molecule has 9 nitrogen and oxygen atoms in total. The summed E-state index contributed by atoms with van der Waals surface area (Å²) >= 11 is 1.07. The molecule has 0 aliphatic rings. The van der Waals surface area contributed by atoms with E-state index >= 15 is 0 Å². The summed E-state index contributed by atoms with van der Waals surface area (Å²) in [6, 6.07) is 13.2. The number of carbonyl (C=O) groups is 3. The summed E-state index contributed by atoms with van der Waals surface area (Å²) in [4.78, 5) is 44.6. The van der Waals surface area contributed by atoms with Crippen LogP contribution in [0.2, 0.25) is 16.6 Å². The average molecular weight is 675 g/mol. The molecule has 1 amide bonds. The molecule has 1 aromatic carbocycles. The molecule has 1 aromatic heterocycles. The number of ether oxygens (including phenoxy) is 2. The van der Waals surface area contributed by atoms with Crippen molar-refractivity contribution in [3.63, 3.8) is 0 Å². The molecule has 46 heavy (non-hydrogen) atoms. The summed E-state index contributed by atoms with van der Waals surface area (Å²) in [6.45, 7) is 18.2. The standard InChI is InChI=1S/C35H54N2O7SSi/c1-10-11-19-29(34(40)45-30-20-15-16-21-36-30)32(44-46(23(2)3,24(4)5)25(6)7)27(9)43-33(39)31(26(8)38)37-35(41)42-22-28-17-13-12-14-18-28/h12-18,20-21,23-27,29,31-32,38H,10-11,19,22H2,1-9H3,(H,37,41)/t26-,27+,29-,31+,32+/m1/s1. The first-order chi connectivity index (χ1) is 21.7. The molecule has 11 heteroatoms. The second-order valence-corrected chi connectivity index (χ2v) is 19.2. The lowest BCUT2D eigenvalue weighted by atomic mass is 9.94. The third kappa shape index (κ3) is 11.2. The van der Waals surface area contributed by atoms with Crippen LogP contribution in [0.1, 0.15) is 87.1 Å². The van der Waals surface area contributed by atoms with Crippen molar-refractivity contribution >= 4 is 37.3 Å². The van der Waals surface area contributed by atoms with Gasteiger partial charge in [-0.1, -0.05) is 97.7 Å². The summed E-state index contributed by atoms with van der Waals surface area (Å²) in [5, 5.41) is 13.4. The third-order valence-corrected chi connectivity index (χ3v) is 15.5. The fourth-order valence-electron chi connectivity index (χ4n) is 6.17. The van der Waals surface area contributed by atoms with E-state index in [0.717, 1.165) is 30.2 Å². The van der Waals surface area contributed by atoms with Crippen molar-refractivity contribution in [2.45, 2.75) is 134 Å². The van der Waals surface area contributed by atoms with Gasteiger partial charge < -0.3 is 24.3 Å². The molecule has 5 atom stereocenters. The van der Waals surface area contributed by atoms with E-state index in [-0.39, 0.29) is 28.3 Å². The van der Waals surface area contributed by atoms with Crippen molar-refractivity contribution in [2.75, 3.05) is 0 Å². The molecule has 0 unspecified atom stereocenters. The highest BCUT2D eigenvalue weighted by Crippen LogP contribution is 2.45. The number of benzene rings is 1. The number of unbranched alkanes of at least 4 members (excludes halogenated alkanes) is 1. The molecule has 2 N–H and O–H groups in total. The molecule has 0 bridgehead atoms. The average Bonchev–Trinajstić information content (AvgIpc) is 3.00. The SMILES string of the molecule is CCCC[C@@H](C(=O)Sc1ccccn1)[C@@H](O[Si](C(C)C)(C(C)C)C(C)C)[C@H](C)OC(=O)[C@@H](NC(=O)OCc1ccccc1)[C@@H](C)O. The number of esters is 1. The number of pyridine rings is 1. The van der Waals surface area contributed by atoms with Crippen molar-refractivity contribution in [3.05, 3.63) is 60.3 Å². The summed E-state index contributed by atoms with van der Waals surface area (Å²) in [5.74, 6) is -1.43. The van der Waals surface area contributed by atoms with Crippen LogP contribution in [0.15, 0.2) is 59.8 Å². The highest BCUT2D eigenvalue weighted by atomic mass is 32.2. The highest BCUT2D eigenvalue weighted by molar-refractivity contribution is 8.13. The van der Waals surface area contributed by atoms with E-state index in [1.165, 1.54) is 6.92 Å². The van der Waals surface area contributed by atoms with Crippen LogP contribution in [-0.2, 0) is 30.1 Å². The lowest BCUT2D eigenvalue weighted by Gasteiger charge is -2.47. The number of aliphatic hydroxyl groups is 1. The van der Waals surface area contributed by atoms with Crippen LogP contribution in [0.5, 0.6) is 0 Å². The topological polar surface area (TPSA) is 124 Å². The van der Waals surface area contributed by atoms with Gasteiger partial charge >= 0.3 is 12.1 Å². The number of thioether (sulfide) groups is 1. The van der Waals surface area contributed by atoms with Gasteiger partial charge in [-0.05, 0) is 66.3 Å². The molecule has 256 valence electrons. The van der Waals surface area contributed by atoms with Crippen molar-refractivity contribution in [2.24, 2.45) is 5.92 Å². The molecule has 0 aliphatic heterocycles. The maximum atomic E-state index is 14.0. The molecule has 2 aromatic rings. The normalized spacial score (nSPS) is 15.2. The predicted octanol–water partition coefficient (Wildman–Crippen LogP) is 7.67. The zero-order valence-corrected chi connectivity index (χ0v) is 30.7. The monoisotopic (exact) mass is 674 g/mol. The molecule has 1 heterocycles. The van der Waals surface area contributed by atoms with Crippen LogP contribution in [-0.4, -0.2) is 59.9 Å². The maximum absolute atomic E-state index is 14.0. The second kappa shape index (κ2) is 19.2. The minimum Gasteiger partial charge on any atom is -0.458 e. The number of hydrogen-bond donors (Lipinski definition) is 2. The maximum Gasteiger partial charge on any atom is 0.408 e. The largest absolute Gasteiger partial charge is 0.458 e. The van der Waals surface area contributed by atoms with Crippen molar-refractivity contribution < 1.29 is 33.4 Å². The van der Waals surface area contributed by atoms with Crippen LogP contribution in [0.3, 0.4) is 0 Å². The van der Waals surface area contributed by atoms with Crippen LogP contribution < -0.4 is 5.32 Å². The number of amides is 1. The molecule has 0 fully saturated rings. The summed E-state index contributed by atoms with van der Waals surface area (Å²) in [7, 11) is -2.57. The van der Waals surface area contributed by atoms with E-state index in [1.54, 1.807) is 25.3 Å². The van der Waals surface area contributed by atoms with E-state index in [0.29, 0.717) is 11.4 Å². The van der Waals surface area contributed by atoms with Gasteiger partial charge in [-0.2, -0.15) is 0 Å². The van der Waals surface area contributed by atoms with Gasteiger partial charge in [0, 0.05) is 6.20 Å². The fourth-order valence-corrected chi connectivity index (χ4v) is 12.7. The number of aliphatic hydroxyl groups excluding tert-OH is 1. The number of carbonyl (C=O) groups excluding carboxylic acids is 3. The van der Waals surface area contributed by atoms with Gasteiger partial charge in [0.25, 0.3) is 0 Å². The van der Waals surface area contributed by atoms with E-state index in [4.69, 9.17) is 13.9 Å². The van der Waals surface area contributed by atoms with Crippen molar-refractivity contribution in [1.82, 2.24) is 10.3 Å². The minimum atomic E-state index is -2.57. The van der Waals surface area contributed by atoms with E-state index < -0.39 is 50.7 Å². The molecule has 0 spiro atoms. The van der Waals surface area contributed by atoms with Crippen LogP contribution in [0.4, 0.5) is 4.79 Å². The lowest BCUT2D eigenvalue weighted by Crippen LogP contribution is -2.56. The Kier molecular flexibility index (Phi) is 16.4. The first-order valence-corrected chi connectivity index (χ1v) is 19.4. The molecule has 0 saturated heterocycles. The second-order valence-electron chi connectivity index (χ2n) is 12.8. The third-order valence-electron chi connectivity index (χ3n) is 8.45. The number of alkyl carbamates (subject to hydrolysis) is 1. The molecule has 0 radical (unpaired) electrons. The Labute approximate surface area is 280 Å². The van der Waals surface area contributed by atoms with E-state index in [1.807, 2.05) is 36.4 Å². The van der Waals surface area contributed by atoms with Gasteiger partial charge in [0.05, 0.1) is 18.1 Å².